The van der Waals surface area contributed by atoms with Crippen LogP contribution in [0.15, 0.2) is 4.52 Å². The molecule has 7 heteroatoms. The number of aromatic carboxylic acids is 1. The fraction of sp³-hybridized carbons (Fsp3) is 0.688. The number of aryl methyl sites for hydroxylation is 1. The van der Waals surface area contributed by atoms with E-state index in [0.717, 1.165) is 0 Å². The molecule has 2 rings (SSSR count). The van der Waals surface area contributed by atoms with Crippen LogP contribution < -0.4 is 0 Å². The summed E-state index contributed by atoms with van der Waals surface area (Å²) in [4.78, 5) is 25.3. The predicted octanol–water partition coefficient (Wildman–Crippen LogP) is 3.18. The zero-order valence-electron chi connectivity index (χ0n) is 14.3. The number of ether oxygens (including phenoxy) is 1. The average Bonchev–Trinajstić information content (AvgIpc) is 2.78. The number of carbonyl (C=O) groups excluding carboxylic acids is 1. The lowest BCUT2D eigenvalue weighted by Gasteiger charge is -2.37. The molecule has 0 saturated carbocycles. The molecule has 0 bridgehead atoms. The van der Waals surface area contributed by atoms with Crippen LogP contribution in [0, 0.1) is 6.92 Å². The van der Waals surface area contributed by atoms with E-state index in [4.69, 9.17) is 9.26 Å². The molecule has 1 aromatic heterocycles. The monoisotopic (exact) mass is 324 g/mol. The van der Waals surface area contributed by atoms with Crippen molar-refractivity contribution in [3.8, 4) is 0 Å². The van der Waals surface area contributed by atoms with Crippen molar-refractivity contribution in [2.24, 2.45) is 0 Å². The topological polar surface area (TPSA) is 92.9 Å². The number of nitrogens with zero attached hydrogens (tertiary/aromatic N) is 2. The van der Waals surface area contributed by atoms with Crippen LogP contribution in [-0.2, 0) is 4.74 Å². The number of carbonyl (C=O) groups is 2. The Morgan fingerprint density at radius 3 is 2.57 bits per heavy atom. The second-order valence-corrected chi connectivity index (χ2v) is 7.06. The summed E-state index contributed by atoms with van der Waals surface area (Å²) in [7, 11) is 0. The van der Waals surface area contributed by atoms with Crippen molar-refractivity contribution in [1.82, 2.24) is 10.1 Å². The molecule has 1 aliphatic rings. The minimum atomic E-state index is -1.03. The lowest BCUT2D eigenvalue weighted by molar-refractivity contribution is 0.00938. The van der Waals surface area contributed by atoms with Gasteiger partial charge in [0, 0.05) is 18.5 Å². The van der Waals surface area contributed by atoms with E-state index in [2.05, 4.69) is 5.16 Å². The first-order chi connectivity index (χ1) is 10.6. The second kappa shape index (κ2) is 6.22. The van der Waals surface area contributed by atoms with Gasteiger partial charge in [0.15, 0.2) is 5.76 Å². The average molecular weight is 324 g/mol. The van der Waals surface area contributed by atoms with E-state index in [1.54, 1.807) is 11.8 Å². The summed E-state index contributed by atoms with van der Waals surface area (Å²) in [5.41, 5.74) is -0.00532. The summed E-state index contributed by atoms with van der Waals surface area (Å²) < 4.78 is 10.7. The van der Waals surface area contributed by atoms with Gasteiger partial charge in [-0.05, 0) is 47.5 Å². The fourth-order valence-electron chi connectivity index (χ4n) is 2.93. The summed E-state index contributed by atoms with van der Waals surface area (Å²) in [6.07, 6.45) is 0.905. The summed E-state index contributed by atoms with van der Waals surface area (Å²) in [5, 5.41) is 13.1. The van der Waals surface area contributed by atoms with Gasteiger partial charge in [-0.25, -0.2) is 9.59 Å². The van der Waals surface area contributed by atoms with Crippen molar-refractivity contribution >= 4 is 12.1 Å². The van der Waals surface area contributed by atoms with E-state index in [0.29, 0.717) is 30.8 Å². The summed E-state index contributed by atoms with van der Waals surface area (Å²) in [6, 6.07) is -0.0596. The lowest BCUT2D eigenvalue weighted by atomic mass is 9.88. The molecule has 1 aromatic rings. The molecule has 0 radical (unpaired) electrons. The standard InChI is InChI=1S/C16H24N2O5/c1-9-8-11(13-12(14(19)20)10(2)17-23-13)6-7-18(9)15(21)22-16(3,4)5/h9,11H,6-8H2,1-5H3,(H,19,20). The molecular weight excluding hydrogens is 300 g/mol. The fourth-order valence-corrected chi connectivity index (χ4v) is 2.93. The molecule has 1 amide bonds. The van der Waals surface area contributed by atoms with Crippen molar-refractivity contribution in [2.45, 2.75) is 65.0 Å². The number of carboxylic acids is 1. The maximum atomic E-state index is 12.2. The van der Waals surface area contributed by atoms with E-state index < -0.39 is 11.6 Å². The van der Waals surface area contributed by atoms with Crippen molar-refractivity contribution in [3.05, 3.63) is 17.0 Å². The van der Waals surface area contributed by atoms with Crippen molar-refractivity contribution in [1.29, 1.82) is 0 Å². The summed E-state index contributed by atoms with van der Waals surface area (Å²) >= 11 is 0. The number of hydrogen-bond acceptors (Lipinski definition) is 5. The van der Waals surface area contributed by atoms with E-state index in [-0.39, 0.29) is 23.6 Å². The molecule has 1 fully saturated rings. The number of piperidine rings is 1. The largest absolute Gasteiger partial charge is 0.477 e. The van der Waals surface area contributed by atoms with Crippen molar-refractivity contribution in [2.75, 3.05) is 6.54 Å². The SMILES string of the molecule is Cc1noc(C2CCN(C(=O)OC(C)(C)C)C(C)C2)c1C(=O)O. The number of likely N-dealkylation sites (tertiary alicyclic amines) is 1. The Balaban J connectivity index is 2.10. The van der Waals surface area contributed by atoms with Gasteiger partial charge in [-0.2, -0.15) is 0 Å². The molecule has 1 aliphatic heterocycles. The third kappa shape index (κ3) is 3.83. The molecule has 0 spiro atoms. The molecule has 0 aliphatic carbocycles. The molecule has 2 unspecified atom stereocenters. The van der Waals surface area contributed by atoms with Crippen LogP contribution in [0.3, 0.4) is 0 Å². The normalized spacial score (nSPS) is 22.0. The number of carboxylic acid groups (broad SMARTS) is 1. The molecule has 23 heavy (non-hydrogen) atoms. The van der Waals surface area contributed by atoms with Crippen LogP contribution in [0.2, 0.25) is 0 Å². The molecule has 1 N–H and O–H groups in total. The highest BCUT2D eigenvalue weighted by Crippen LogP contribution is 2.35. The van der Waals surface area contributed by atoms with Gasteiger partial charge in [-0.1, -0.05) is 5.16 Å². The Hall–Kier alpha value is -2.05. The molecule has 128 valence electrons. The van der Waals surface area contributed by atoms with Crippen LogP contribution >= 0.6 is 0 Å². The molecular formula is C16H24N2O5. The van der Waals surface area contributed by atoms with E-state index >= 15 is 0 Å². The van der Waals surface area contributed by atoms with Crippen LogP contribution in [0.4, 0.5) is 4.79 Å². The highest BCUT2D eigenvalue weighted by Gasteiger charge is 2.36. The Kier molecular flexibility index (Phi) is 4.68. The van der Waals surface area contributed by atoms with Crippen LogP contribution in [-0.4, -0.2) is 45.4 Å². The molecule has 7 nitrogen and oxygen atoms in total. The Morgan fingerprint density at radius 2 is 2.04 bits per heavy atom. The van der Waals surface area contributed by atoms with Gasteiger partial charge in [-0.15, -0.1) is 0 Å². The number of amides is 1. The first kappa shape index (κ1) is 17.3. The van der Waals surface area contributed by atoms with Crippen molar-refractivity contribution < 1.29 is 24.0 Å². The Bertz CT molecular complexity index is 602. The highest BCUT2D eigenvalue weighted by molar-refractivity contribution is 5.90. The van der Waals surface area contributed by atoms with Gasteiger partial charge in [-0.3, -0.25) is 0 Å². The van der Waals surface area contributed by atoms with Gasteiger partial charge in [0.25, 0.3) is 0 Å². The van der Waals surface area contributed by atoms with Crippen LogP contribution in [0.5, 0.6) is 0 Å². The predicted molar refractivity (Wildman–Crippen MR) is 82.6 cm³/mol. The van der Waals surface area contributed by atoms with E-state index in [1.165, 1.54) is 0 Å². The van der Waals surface area contributed by atoms with E-state index in [9.17, 15) is 14.7 Å². The second-order valence-electron chi connectivity index (χ2n) is 7.06. The smallest absolute Gasteiger partial charge is 0.410 e. The quantitative estimate of drug-likeness (QED) is 0.898. The maximum absolute atomic E-state index is 12.2. The highest BCUT2D eigenvalue weighted by atomic mass is 16.6. The number of hydrogen-bond donors (Lipinski definition) is 1. The van der Waals surface area contributed by atoms with Gasteiger partial charge in [0.05, 0.1) is 5.69 Å². The van der Waals surface area contributed by atoms with Gasteiger partial charge in [0.1, 0.15) is 11.2 Å². The first-order valence-electron chi connectivity index (χ1n) is 7.79. The Labute approximate surface area is 135 Å². The van der Waals surface area contributed by atoms with Gasteiger partial charge < -0.3 is 19.3 Å². The van der Waals surface area contributed by atoms with Gasteiger partial charge >= 0.3 is 12.1 Å². The third-order valence-corrected chi connectivity index (χ3v) is 3.98. The maximum Gasteiger partial charge on any atom is 0.410 e. The lowest BCUT2D eigenvalue weighted by Crippen LogP contribution is -2.46. The van der Waals surface area contributed by atoms with Crippen LogP contribution in [0.1, 0.15) is 68.3 Å². The molecule has 2 heterocycles. The molecule has 1 saturated heterocycles. The van der Waals surface area contributed by atoms with E-state index in [1.807, 2.05) is 27.7 Å². The zero-order chi connectivity index (χ0) is 17.4. The first-order valence-corrected chi connectivity index (χ1v) is 7.79. The number of aromatic nitrogens is 1. The Morgan fingerprint density at radius 1 is 1.39 bits per heavy atom. The summed E-state index contributed by atoms with van der Waals surface area (Å²) in [5.74, 6) is -0.678. The minimum Gasteiger partial charge on any atom is -0.477 e. The number of rotatable bonds is 2. The molecule has 0 aromatic carbocycles. The van der Waals surface area contributed by atoms with Gasteiger partial charge in [0.2, 0.25) is 0 Å². The van der Waals surface area contributed by atoms with Crippen LogP contribution in [0.25, 0.3) is 0 Å². The minimum absolute atomic E-state index is 0.0593. The third-order valence-electron chi connectivity index (χ3n) is 3.98. The molecule has 2 atom stereocenters. The summed E-state index contributed by atoms with van der Waals surface area (Å²) in [6.45, 7) is 9.55. The zero-order valence-corrected chi connectivity index (χ0v) is 14.3. The van der Waals surface area contributed by atoms with Crippen molar-refractivity contribution in [3.63, 3.8) is 0 Å².